The molecule has 3 saturated carbocycles. The van der Waals surface area contributed by atoms with Crippen molar-refractivity contribution in [3.63, 3.8) is 0 Å². The Bertz CT molecular complexity index is 883. The van der Waals surface area contributed by atoms with Gasteiger partial charge in [-0.1, -0.05) is 55.3 Å². The number of hydrogen-bond acceptors (Lipinski definition) is 2. The zero-order valence-electron chi connectivity index (χ0n) is 21.7. The lowest BCUT2D eigenvalue weighted by molar-refractivity contribution is -0.105. The Morgan fingerprint density at radius 3 is 2.52 bits per heavy atom. The molecular weight excluding hydrogens is 404 g/mol. The van der Waals surface area contributed by atoms with E-state index in [1.54, 1.807) is 5.57 Å². The highest BCUT2D eigenvalue weighted by molar-refractivity contribution is 5.26. The first-order chi connectivity index (χ1) is 15.7. The quantitative estimate of drug-likeness (QED) is 0.478. The summed E-state index contributed by atoms with van der Waals surface area (Å²) in [5.74, 6) is 2.81. The van der Waals surface area contributed by atoms with Crippen LogP contribution in [0.2, 0.25) is 0 Å². The van der Waals surface area contributed by atoms with Gasteiger partial charge in [-0.15, -0.1) is 0 Å². The second-order valence-electron chi connectivity index (χ2n) is 12.9. The second-order valence-corrected chi connectivity index (χ2v) is 12.9. The summed E-state index contributed by atoms with van der Waals surface area (Å²) in [6.45, 7) is 9.42. The number of ether oxygens (including phenoxy) is 1. The van der Waals surface area contributed by atoms with Crippen molar-refractivity contribution in [1.82, 2.24) is 0 Å². The summed E-state index contributed by atoms with van der Waals surface area (Å²) < 4.78 is 5.75. The van der Waals surface area contributed by atoms with Gasteiger partial charge in [0.05, 0.1) is 11.7 Å². The minimum atomic E-state index is -0.586. The minimum Gasteiger partial charge on any atom is -0.390 e. The molecule has 0 spiro atoms. The number of methoxy groups -OCH3 is 1. The molecule has 0 heterocycles. The van der Waals surface area contributed by atoms with Gasteiger partial charge in [-0.05, 0) is 118 Å². The van der Waals surface area contributed by atoms with Crippen LogP contribution in [0.15, 0.2) is 35.9 Å². The second kappa shape index (κ2) is 8.52. The number of benzene rings is 1. The van der Waals surface area contributed by atoms with E-state index < -0.39 is 5.60 Å². The molecule has 0 aromatic heterocycles. The maximum absolute atomic E-state index is 11.8. The molecule has 4 aliphatic rings. The molecule has 4 aliphatic carbocycles. The van der Waals surface area contributed by atoms with Crippen LogP contribution in [0, 0.1) is 41.4 Å². The fourth-order valence-corrected chi connectivity index (χ4v) is 9.18. The van der Waals surface area contributed by atoms with Crippen molar-refractivity contribution in [2.75, 3.05) is 7.11 Å². The average Bonchev–Trinajstić information content (AvgIpc) is 3.16. The van der Waals surface area contributed by atoms with Crippen LogP contribution in [0.5, 0.6) is 0 Å². The molecule has 5 rings (SSSR count). The Morgan fingerprint density at radius 2 is 1.79 bits per heavy atom. The van der Waals surface area contributed by atoms with E-state index in [-0.39, 0.29) is 5.41 Å². The molecule has 33 heavy (non-hydrogen) atoms. The lowest BCUT2D eigenvalue weighted by Crippen LogP contribution is -2.53. The van der Waals surface area contributed by atoms with E-state index >= 15 is 0 Å². The summed E-state index contributed by atoms with van der Waals surface area (Å²) in [6.07, 6.45) is 14.9. The van der Waals surface area contributed by atoms with Crippen molar-refractivity contribution in [3.05, 3.63) is 47.0 Å². The third-order valence-corrected chi connectivity index (χ3v) is 11.2. The van der Waals surface area contributed by atoms with E-state index in [2.05, 4.69) is 58.0 Å². The highest BCUT2D eigenvalue weighted by Crippen LogP contribution is 2.67. The van der Waals surface area contributed by atoms with Crippen LogP contribution in [-0.2, 0) is 11.2 Å². The first kappa shape index (κ1) is 23.6. The zero-order chi connectivity index (χ0) is 23.4. The number of fused-ring (bicyclic) bond motifs is 5. The van der Waals surface area contributed by atoms with Gasteiger partial charge in [-0.25, -0.2) is 0 Å². The van der Waals surface area contributed by atoms with Crippen molar-refractivity contribution < 1.29 is 9.84 Å². The molecule has 0 unspecified atom stereocenters. The van der Waals surface area contributed by atoms with Gasteiger partial charge >= 0.3 is 0 Å². The number of hydrogen-bond donors (Lipinski definition) is 1. The van der Waals surface area contributed by atoms with Gasteiger partial charge in [-0.2, -0.15) is 0 Å². The van der Waals surface area contributed by atoms with Gasteiger partial charge in [0.25, 0.3) is 0 Å². The number of aryl methyl sites for hydroxylation is 2. The van der Waals surface area contributed by atoms with Crippen molar-refractivity contribution in [2.45, 2.75) is 104 Å². The van der Waals surface area contributed by atoms with Gasteiger partial charge < -0.3 is 9.84 Å². The molecule has 182 valence electrons. The summed E-state index contributed by atoms with van der Waals surface area (Å²) in [7, 11) is 1.88. The topological polar surface area (TPSA) is 29.5 Å². The van der Waals surface area contributed by atoms with E-state index in [4.69, 9.17) is 4.74 Å². The standard InChI is InChI=1S/C31H46O2/c1-21-6-8-22(9-7-21)14-19-31(4,32)28-13-12-26-25-11-10-23-20-24(33-5)15-17-29(23,2)27(25)16-18-30(26,28)3/h6-10,24-28,32H,11-20H2,1-5H3/t24-,25-,26-,27-,28-,29-,30-,31+/m0/s1. The highest BCUT2D eigenvalue weighted by Gasteiger charge is 2.61. The molecule has 8 atom stereocenters. The summed E-state index contributed by atoms with van der Waals surface area (Å²) in [5.41, 5.74) is 4.44. The average molecular weight is 451 g/mol. The molecule has 0 aliphatic heterocycles. The molecule has 3 fully saturated rings. The van der Waals surface area contributed by atoms with Crippen molar-refractivity contribution in [2.24, 2.45) is 34.5 Å². The Kier molecular flexibility index (Phi) is 6.10. The first-order valence-corrected chi connectivity index (χ1v) is 13.7. The van der Waals surface area contributed by atoms with E-state index in [9.17, 15) is 5.11 Å². The fourth-order valence-electron chi connectivity index (χ4n) is 9.18. The fraction of sp³-hybridized carbons (Fsp3) is 0.742. The Labute approximate surface area is 202 Å². The largest absolute Gasteiger partial charge is 0.390 e. The summed E-state index contributed by atoms with van der Waals surface area (Å²) in [6, 6.07) is 8.87. The van der Waals surface area contributed by atoms with Crippen molar-refractivity contribution >= 4 is 0 Å². The van der Waals surface area contributed by atoms with E-state index in [0.717, 1.165) is 37.0 Å². The van der Waals surface area contributed by atoms with Gasteiger partial charge in [0, 0.05) is 7.11 Å². The molecule has 0 amide bonds. The monoisotopic (exact) mass is 450 g/mol. The maximum Gasteiger partial charge on any atom is 0.0656 e. The van der Waals surface area contributed by atoms with Crippen molar-refractivity contribution in [1.29, 1.82) is 0 Å². The predicted octanol–water partition coefficient (Wildman–Crippen LogP) is 7.27. The zero-order valence-corrected chi connectivity index (χ0v) is 21.7. The summed E-state index contributed by atoms with van der Waals surface area (Å²) in [5, 5.41) is 11.8. The van der Waals surface area contributed by atoms with Crippen LogP contribution < -0.4 is 0 Å². The van der Waals surface area contributed by atoms with Crippen LogP contribution in [0.1, 0.15) is 89.7 Å². The van der Waals surface area contributed by atoms with Gasteiger partial charge in [-0.3, -0.25) is 0 Å². The molecule has 1 aromatic carbocycles. The van der Waals surface area contributed by atoms with Crippen LogP contribution in [-0.4, -0.2) is 23.9 Å². The summed E-state index contributed by atoms with van der Waals surface area (Å²) >= 11 is 0. The van der Waals surface area contributed by atoms with Crippen LogP contribution >= 0.6 is 0 Å². The van der Waals surface area contributed by atoms with Crippen LogP contribution in [0.4, 0.5) is 0 Å². The third-order valence-electron chi connectivity index (χ3n) is 11.2. The van der Waals surface area contributed by atoms with Gasteiger partial charge in [0.1, 0.15) is 0 Å². The third kappa shape index (κ3) is 3.94. The first-order valence-electron chi connectivity index (χ1n) is 13.7. The summed E-state index contributed by atoms with van der Waals surface area (Å²) in [4.78, 5) is 0. The molecule has 1 N–H and O–H groups in total. The van der Waals surface area contributed by atoms with E-state index in [1.807, 2.05) is 7.11 Å². The van der Waals surface area contributed by atoms with Gasteiger partial charge in [0.2, 0.25) is 0 Å². The molecule has 2 nitrogen and oxygen atoms in total. The van der Waals surface area contributed by atoms with Crippen LogP contribution in [0.3, 0.4) is 0 Å². The predicted molar refractivity (Wildman–Crippen MR) is 136 cm³/mol. The van der Waals surface area contributed by atoms with E-state index in [0.29, 0.717) is 17.4 Å². The number of aliphatic hydroxyl groups is 1. The molecule has 1 aromatic rings. The van der Waals surface area contributed by atoms with Crippen molar-refractivity contribution in [3.8, 4) is 0 Å². The smallest absolute Gasteiger partial charge is 0.0656 e. The maximum atomic E-state index is 11.8. The molecule has 2 heteroatoms. The molecular formula is C31H46O2. The van der Waals surface area contributed by atoms with Gasteiger partial charge in [0.15, 0.2) is 0 Å². The number of rotatable bonds is 5. The SMILES string of the molecule is CO[C@H]1CC[C@@]2(C)C(=CC[C@H]3[C@@H]4CC[C@H]([C@](C)(O)CCc5ccc(C)cc5)[C@@]4(C)CC[C@@H]32)C1. The molecule has 0 saturated heterocycles. The Hall–Kier alpha value is -1.12. The minimum absolute atomic E-state index is 0.281. The van der Waals surface area contributed by atoms with E-state index in [1.165, 1.54) is 56.1 Å². The number of allylic oxidation sites excluding steroid dienone is 1. The molecule has 0 radical (unpaired) electrons. The Morgan fingerprint density at radius 1 is 1.03 bits per heavy atom. The molecule has 0 bridgehead atoms. The highest BCUT2D eigenvalue weighted by atomic mass is 16.5. The normalized spacial score (nSPS) is 42.0. The Balaban J connectivity index is 1.33. The lowest BCUT2D eigenvalue weighted by atomic mass is 9.46. The lowest BCUT2D eigenvalue weighted by Gasteiger charge is -2.59. The van der Waals surface area contributed by atoms with Crippen LogP contribution in [0.25, 0.3) is 0 Å².